The topological polar surface area (TPSA) is 38.5 Å². The Bertz CT molecular complexity index is 403. The van der Waals surface area contributed by atoms with Crippen LogP contribution in [0.15, 0.2) is 18.2 Å². The second-order valence-electron chi connectivity index (χ2n) is 4.84. The SMILES string of the molecule is CCOc1ccc(CN2CCC[C@@H](N)C2)cc1F.Cl. The summed E-state index contributed by atoms with van der Waals surface area (Å²) < 4.78 is 18.9. The molecule has 3 nitrogen and oxygen atoms in total. The summed E-state index contributed by atoms with van der Waals surface area (Å²) in [4.78, 5) is 2.28. The maximum atomic E-state index is 13.7. The zero-order valence-electron chi connectivity index (χ0n) is 11.3. The highest BCUT2D eigenvalue weighted by molar-refractivity contribution is 5.85. The molecule has 2 rings (SSSR count). The fraction of sp³-hybridized carbons (Fsp3) is 0.571. The van der Waals surface area contributed by atoms with E-state index in [-0.39, 0.29) is 24.3 Å². The molecule has 1 fully saturated rings. The molecule has 0 bridgehead atoms. The van der Waals surface area contributed by atoms with Crippen LogP contribution in [0.3, 0.4) is 0 Å². The Morgan fingerprint density at radius 3 is 2.89 bits per heavy atom. The van der Waals surface area contributed by atoms with Gasteiger partial charge in [0.15, 0.2) is 11.6 Å². The van der Waals surface area contributed by atoms with Gasteiger partial charge >= 0.3 is 0 Å². The maximum absolute atomic E-state index is 13.7. The number of rotatable bonds is 4. The number of likely N-dealkylation sites (tertiary alicyclic amines) is 1. The van der Waals surface area contributed by atoms with Gasteiger partial charge in [0.1, 0.15) is 0 Å². The zero-order valence-corrected chi connectivity index (χ0v) is 12.1. The molecule has 0 unspecified atom stereocenters. The lowest BCUT2D eigenvalue weighted by molar-refractivity contribution is 0.201. The molecule has 0 amide bonds. The molecule has 1 aromatic rings. The molecule has 0 spiro atoms. The fourth-order valence-electron chi connectivity index (χ4n) is 2.41. The van der Waals surface area contributed by atoms with Gasteiger partial charge in [-0.3, -0.25) is 4.90 Å². The molecule has 1 atom stereocenters. The number of hydrogen-bond acceptors (Lipinski definition) is 3. The first-order valence-corrected chi connectivity index (χ1v) is 6.58. The van der Waals surface area contributed by atoms with Crippen molar-refractivity contribution in [2.24, 2.45) is 5.73 Å². The fourth-order valence-corrected chi connectivity index (χ4v) is 2.41. The molecule has 1 saturated heterocycles. The summed E-state index contributed by atoms with van der Waals surface area (Å²) in [5, 5.41) is 0. The average molecular weight is 289 g/mol. The van der Waals surface area contributed by atoms with E-state index >= 15 is 0 Å². The van der Waals surface area contributed by atoms with Crippen LogP contribution in [-0.2, 0) is 6.54 Å². The van der Waals surface area contributed by atoms with Crippen LogP contribution in [0, 0.1) is 5.82 Å². The number of piperidine rings is 1. The van der Waals surface area contributed by atoms with E-state index in [2.05, 4.69) is 4.90 Å². The van der Waals surface area contributed by atoms with Crippen LogP contribution in [0.1, 0.15) is 25.3 Å². The van der Waals surface area contributed by atoms with E-state index in [0.717, 1.165) is 38.0 Å². The quantitative estimate of drug-likeness (QED) is 0.925. The van der Waals surface area contributed by atoms with Crippen molar-refractivity contribution in [1.82, 2.24) is 4.90 Å². The minimum absolute atomic E-state index is 0. The number of hydrogen-bond donors (Lipinski definition) is 1. The van der Waals surface area contributed by atoms with Gasteiger partial charge in [0, 0.05) is 19.1 Å². The maximum Gasteiger partial charge on any atom is 0.165 e. The summed E-state index contributed by atoms with van der Waals surface area (Å²) in [6, 6.07) is 5.45. The van der Waals surface area contributed by atoms with Crippen molar-refractivity contribution >= 4 is 12.4 Å². The van der Waals surface area contributed by atoms with Crippen molar-refractivity contribution in [3.63, 3.8) is 0 Å². The summed E-state index contributed by atoms with van der Waals surface area (Å²) in [6.45, 7) is 5.04. The second kappa shape index (κ2) is 7.68. The summed E-state index contributed by atoms with van der Waals surface area (Å²) in [6.07, 6.45) is 2.22. The van der Waals surface area contributed by atoms with Crippen molar-refractivity contribution in [3.05, 3.63) is 29.6 Å². The molecule has 1 aromatic carbocycles. The van der Waals surface area contributed by atoms with Crippen molar-refractivity contribution in [1.29, 1.82) is 0 Å². The molecule has 0 saturated carbocycles. The van der Waals surface area contributed by atoms with Crippen molar-refractivity contribution in [2.75, 3.05) is 19.7 Å². The Balaban J connectivity index is 0.00000180. The van der Waals surface area contributed by atoms with Gasteiger partial charge in [0.05, 0.1) is 6.61 Å². The molecular formula is C14H22ClFN2O. The molecular weight excluding hydrogens is 267 g/mol. The predicted molar refractivity (Wildman–Crippen MR) is 77.3 cm³/mol. The Morgan fingerprint density at radius 1 is 1.47 bits per heavy atom. The normalized spacial score (nSPS) is 19.8. The molecule has 108 valence electrons. The van der Waals surface area contributed by atoms with Crippen LogP contribution in [0.2, 0.25) is 0 Å². The molecule has 0 aromatic heterocycles. The molecule has 1 aliphatic rings. The highest BCUT2D eigenvalue weighted by Crippen LogP contribution is 2.20. The van der Waals surface area contributed by atoms with Crippen molar-refractivity contribution in [2.45, 2.75) is 32.4 Å². The molecule has 5 heteroatoms. The molecule has 19 heavy (non-hydrogen) atoms. The van der Waals surface area contributed by atoms with Gasteiger partial charge in [-0.05, 0) is 44.0 Å². The minimum atomic E-state index is -0.282. The average Bonchev–Trinajstić information content (AvgIpc) is 2.33. The van der Waals surface area contributed by atoms with Crippen LogP contribution < -0.4 is 10.5 Å². The molecule has 2 N–H and O–H groups in total. The Morgan fingerprint density at radius 2 is 2.26 bits per heavy atom. The lowest BCUT2D eigenvalue weighted by Gasteiger charge is -2.30. The van der Waals surface area contributed by atoms with E-state index in [0.29, 0.717) is 12.4 Å². The number of halogens is 2. The third kappa shape index (κ3) is 4.64. The third-order valence-electron chi connectivity index (χ3n) is 3.24. The zero-order chi connectivity index (χ0) is 13.0. The lowest BCUT2D eigenvalue weighted by Crippen LogP contribution is -2.42. The smallest absolute Gasteiger partial charge is 0.165 e. The lowest BCUT2D eigenvalue weighted by atomic mass is 10.1. The van der Waals surface area contributed by atoms with E-state index < -0.39 is 0 Å². The van der Waals surface area contributed by atoms with Gasteiger partial charge in [-0.15, -0.1) is 12.4 Å². The van der Waals surface area contributed by atoms with Gasteiger partial charge in [-0.1, -0.05) is 6.07 Å². The third-order valence-corrected chi connectivity index (χ3v) is 3.24. The molecule has 1 heterocycles. The molecule has 0 radical (unpaired) electrons. The summed E-state index contributed by atoms with van der Waals surface area (Å²) in [5.41, 5.74) is 6.91. The van der Waals surface area contributed by atoms with Gasteiger partial charge in [-0.2, -0.15) is 0 Å². The first-order valence-electron chi connectivity index (χ1n) is 6.58. The van der Waals surface area contributed by atoms with Crippen LogP contribution in [-0.4, -0.2) is 30.6 Å². The molecule has 0 aliphatic carbocycles. The Hall–Kier alpha value is -0.840. The molecule has 1 aliphatic heterocycles. The summed E-state index contributed by atoms with van der Waals surface area (Å²) >= 11 is 0. The van der Waals surface area contributed by atoms with Crippen LogP contribution in [0.25, 0.3) is 0 Å². The van der Waals surface area contributed by atoms with E-state index in [1.54, 1.807) is 12.1 Å². The van der Waals surface area contributed by atoms with Gasteiger partial charge in [0.25, 0.3) is 0 Å². The van der Waals surface area contributed by atoms with Crippen LogP contribution in [0.4, 0.5) is 4.39 Å². The standard InChI is InChI=1S/C14H21FN2O.ClH/c1-2-18-14-6-5-11(8-13(14)15)9-17-7-3-4-12(16)10-17;/h5-6,8,12H,2-4,7,9-10,16H2,1H3;1H/t12-;/m1./s1. The minimum Gasteiger partial charge on any atom is -0.491 e. The van der Waals surface area contributed by atoms with E-state index in [4.69, 9.17) is 10.5 Å². The first-order chi connectivity index (χ1) is 8.69. The second-order valence-corrected chi connectivity index (χ2v) is 4.84. The summed E-state index contributed by atoms with van der Waals surface area (Å²) in [5.74, 6) is 0.0484. The predicted octanol–water partition coefficient (Wildman–Crippen LogP) is 2.57. The first kappa shape index (κ1) is 16.2. The van der Waals surface area contributed by atoms with Gasteiger partial charge in [-0.25, -0.2) is 4.39 Å². The number of benzene rings is 1. The largest absolute Gasteiger partial charge is 0.491 e. The Kier molecular flexibility index (Phi) is 6.55. The monoisotopic (exact) mass is 288 g/mol. The number of nitrogens with zero attached hydrogens (tertiary/aromatic N) is 1. The van der Waals surface area contributed by atoms with E-state index in [1.165, 1.54) is 0 Å². The van der Waals surface area contributed by atoms with Crippen molar-refractivity contribution in [3.8, 4) is 5.75 Å². The Labute approximate surface area is 120 Å². The summed E-state index contributed by atoms with van der Waals surface area (Å²) in [7, 11) is 0. The van der Waals surface area contributed by atoms with Gasteiger partial charge < -0.3 is 10.5 Å². The van der Waals surface area contributed by atoms with Gasteiger partial charge in [0.2, 0.25) is 0 Å². The van der Waals surface area contributed by atoms with Crippen LogP contribution in [0.5, 0.6) is 5.75 Å². The van der Waals surface area contributed by atoms with Crippen LogP contribution >= 0.6 is 12.4 Å². The highest BCUT2D eigenvalue weighted by Gasteiger charge is 2.17. The number of ether oxygens (including phenoxy) is 1. The van der Waals surface area contributed by atoms with E-state index in [1.807, 2.05) is 13.0 Å². The number of nitrogens with two attached hydrogens (primary N) is 1. The van der Waals surface area contributed by atoms with E-state index in [9.17, 15) is 4.39 Å². The highest BCUT2D eigenvalue weighted by atomic mass is 35.5. The van der Waals surface area contributed by atoms with Crippen molar-refractivity contribution < 1.29 is 9.13 Å².